The summed E-state index contributed by atoms with van der Waals surface area (Å²) in [4.78, 5) is 0. The van der Waals surface area contributed by atoms with Crippen LogP contribution in [0.2, 0.25) is 5.02 Å². The molecule has 3 heteroatoms. The second kappa shape index (κ2) is 6.31. The average molecular weight is 295 g/mol. The molecule has 1 nitrogen and oxygen atoms in total. The highest BCUT2D eigenvalue weighted by Crippen LogP contribution is 2.28. The Hall–Kier alpha value is -1.18. The van der Waals surface area contributed by atoms with Gasteiger partial charge in [0.25, 0.3) is 0 Å². The molecule has 2 aromatic carbocycles. The molecule has 0 amide bonds. The summed E-state index contributed by atoms with van der Waals surface area (Å²) in [5.74, 6) is 0.855. The van der Waals surface area contributed by atoms with Gasteiger partial charge in [0.1, 0.15) is 5.75 Å². The van der Waals surface area contributed by atoms with Crippen LogP contribution in [0, 0.1) is 6.92 Å². The van der Waals surface area contributed by atoms with Crippen molar-refractivity contribution in [1.29, 1.82) is 0 Å². The van der Waals surface area contributed by atoms with Crippen molar-refractivity contribution in [3.8, 4) is 5.75 Å². The predicted octanol–water partition coefficient (Wildman–Crippen LogP) is 5.18. The fraction of sp³-hybridized carbons (Fsp3) is 0.250. The molecule has 2 rings (SSSR count). The maximum Gasteiger partial charge on any atom is 0.118 e. The lowest BCUT2D eigenvalue weighted by Gasteiger charge is -2.12. The number of methoxy groups -OCH3 is 1. The number of halogens is 2. The van der Waals surface area contributed by atoms with Crippen molar-refractivity contribution in [2.24, 2.45) is 0 Å². The van der Waals surface area contributed by atoms with E-state index in [0.29, 0.717) is 0 Å². The molecular weight excluding hydrogens is 279 g/mol. The Morgan fingerprint density at radius 2 is 1.79 bits per heavy atom. The number of benzene rings is 2. The van der Waals surface area contributed by atoms with Gasteiger partial charge in [-0.1, -0.05) is 29.8 Å². The first-order valence-electron chi connectivity index (χ1n) is 6.12. The minimum Gasteiger partial charge on any atom is -0.497 e. The zero-order valence-electron chi connectivity index (χ0n) is 11.0. The molecule has 0 fully saturated rings. The quantitative estimate of drug-likeness (QED) is 0.706. The zero-order valence-corrected chi connectivity index (χ0v) is 12.5. The molecule has 0 saturated carbocycles. The molecule has 0 aliphatic carbocycles. The van der Waals surface area contributed by atoms with E-state index >= 15 is 0 Å². The topological polar surface area (TPSA) is 9.23 Å². The fourth-order valence-corrected chi connectivity index (χ4v) is 2.63. The fourth-order valence-electron chi connectivity index (χ4n) is 2.03. The number of ether oxygens (including phenoxy) is 1. The third kappa shape index (κ3) is 3.89. The standard InChI is InChI=1S/C16H16Cl2O/c1-11-7-13(10-14(17)8-11)16(18)9-12-3-5-15(19-2)6-4-12/h3-8,10,16H,9H2,1-2H3. The van der Waals surface area contributed by atoms with Crippen LogP contribution < -0.4 is 4.74 Å². The molecule has 0 radical (unpaired) electrons. The first kappa shape index (κ1) is 14.2. The Balaban J connectivity index is 2.13. The normalized spacial score (nSPS) is 12.2. The van der Waals surface area contributed by atoms with Crippen LogP contribution in [0.1, 0.15) is 22.1 Å². The first-order valence-corrected chi connectivity index (χ1v) is 6.94. The van der Waals surface area contributed by atoms with E-state index in [2.05, 4.69) is 6.07 Å². The van der Waals surface area contributed by atoms with Crippen molar-refractivity contribution in [3.63, 3.8) is 0 Å². The number of aryl methyl sites for hydroxylation is 1. The van der Waals surface area contributed by atoms with E-state index in [-0.39, 0.29) is 5.38 Å². The van der Waals surface area contributed by atoms with Crippen molar-refractivity contribution >= 4 is 23.2 Å². The van der Waals surface area contributed by atoms with E-state index in [0.717, 1.165) is 28.3 Å². The molecule has 100 valence electrons. The highest BCUT2D eigenvalue weighted by Gasteiger charge is 2.10. The molecule has 0 N–H and O–H groups in total. The largest absolute Gasteiger partial charge is 0.497 e. The van der Waals surface area contributed by atoms with Gasteiger partial charge in [0.05, 0.1) is 12.5 Å². The van der Waals surface area contributed by atoms with E-state index in [9.17, 15) is 0 Å². The van der Waals surface area contributed by atoms with Gasteiger partial charge in [0.2, 0.25) is 0 Å². The third-order valence-corrected chi connectivity index (χ3v) is 3.62. The molecule has 0 saturated heterocycles. The Morgan fingerprint density at radius 3 is 2.37 bits per heavy atom. The van der Waals surface area contributed by atoms with Crippen LogP contribution in [-0.2, 0) is 6.42 Å². The summed E-state index contributed by atoms with van der Waals surface area (Å²) in [6, 6.07) is 13.9. The Kier molecular flexibility index (Phi) is 4.73. The molecule has 0 aliphatic heterocycles. The lowest BCUT2D eigenvalue weighted by Crippen LogP contribution is -1.97. The SMILES string of the molecule is COc1ccc(CC(Cl)c2cc(C)cc(Cl)c2)cc1. The van der Waals surface area contributed by atoms with Gasteiger partial charge in [0, 0.05) is 5.02 Å². The van der Waals surface area contributed by atoms with Gasteiger partial charge >= 0.3 is 0 Å². The molecule has 1 unspecified atom stereocenters. The molecule has 0 aliphatic rings. The van der Waals surface area contributed by atoms with Gasteiger partial charge in [-0.2, -0.15) is 0 Å². The summed E-state index contributed by atoms with van der Waals surface area (Å²) in [7, 11) is 1.66. The second-order valence-electron chi connectivity index (χ2n) is 4.58. The number of alkyl halides is 1. The van der Waals surface area contributed by atoms with E-state index < -0.39 is 0 Å². The zero-order chi connectivity index (χ0) is 13.8. The number of hydrogen-bond acceptors (Lipinski definition) is 1. The molecule has 19 heavy (non-hydrogen) atoms. The smallest absolute Gasteiger partial charge is 0.118 e. The van der Waals surface area contributed by atoms with Gasteiger partial charge in [-0.3, -0.25) is 0 Å². The predicted molar refractivity (Wildman–Crippen MR) is 81.5 cm³/mol. The second-order valence-corrected chi connectivity index (χ2v) is 5.54. The van der Waals surface area contributed by atoms with Crippen molar-refractivity contribution in [1.82, 2.24) is 0 Å². The molecule has 0 spiro atoms. The van der Waals surface area contributed by atoms with E-state index in [1.165, 1.54) is 5.56 Å². The van der Waals surface area contributed by atoms with E-state index in [1.807, 2.05) is 43.3 Å². The summed E-state index contributed by atoms with van der Waals surface area (Å²) in [6.07, 6.45) is 0.769. The summed E-state index contributed by atoms with van der Waals surface area (Å²) in [5, 5.41) is 0.654. The van der Waals surface area contributed by atoms with Crippen LogP contribution in [0.5, 0.6) is 5.75 Å². The van der Waals surface area contributed by atoms with Crippen LogP contribution in [0.4, 0.5) is 0 Å². The third-order valence-electron chi connectivity index (χ3n) is 3.00. The molecule has 1 atom stereocenters. The summed E-state index contributed by atoms with van der Waals surface area (Å²) in [5.41, 5.74) is 3.36. The Labute approximate surface area is 124 Å². The van der Waals surface area contributed by atoms with Gasteiger partial charge in [-0.25, -0.2) is 0 Å². The monoisotopic (exact) mass is 294 g/mol. The van der Waals surface area contributed by atoms with Gasteiger partial charge in [-0.15, -0.1) is 11.6 Å². The first-order chi connectivity index (χ1) is 9.08. The molecule has 2 aromatic rings. The Bertz CT molecular complexity index is 529. The highest BCUT2D eigenvalue weighted by molar-refractivity contribution is 6.30. The molecule has 0 bridgehead atoms. The van der Waals surface area contributed by atoms with Crippen molar-refractivity contribution in [2.45, 2.75) is 18.7 Å². The average Bonchev–Trinajstić information content (AvgIpc) is 2.38. The summed E-state index contributed by atoms with van der Waals surface area (Å²) >= 11 is 12.5. The van der Waals surface area contributed by atoms with Crippen LogP contribution in [0.15, 0.2) is 42.5 Å². The highest BCUT2D eigenvalue weighted by atomic mass is 35.5. The summed E-state index contributed by atoms with van der Waals surface area (Å²) in [6.45, 7) is 2.02. The van der Waals surface area contributed by atoms with E-state index in [1.54, 1.807) is 7.11 Å². The maximum atomic E-state index is 6.47. The van der Waals surface area contributed by atoms with Gasteiger partial charge in [0.15, 0.2) is 0 Å². The van der Waals surface area contributed by atoms with Crippen molar-refractivity contribution in [2.75, 3.05) is 7.11 Å². The minimum absolute atomic E-state index is 0.0780. The molecular formula is C16H16Cl2O. The lowest BCUT2D eigenvalue weighted by atomic mass is 10.0. The van der Waals surface area contributed by atoms with Crippen molar-refractivity contribution < 1.29 is 4.74 Å². The van der Waals surface area contributed by atoms with Crippen LogP contribution in [0.3, 0.4) is 0 Å². The molecule has 0 aromatic heterocycles. The van der Waals surface area contributed by atoms with Crippen LogP contribution in [-0.4, -0.2) is 7.11 Å². The lowest BCUT2D eigenvalue weighted by molar-refractivity contribution is 0.414. The van der Waals surface area contributed by atoms with E-state index in [4.69, 9.17) is 27.9 Å². The van der Waals surface area contributed by atoms with Gasteiger partial charge < -0.3 is 4.74 Å². The maximum absolute atomic E-state index is 6.47. The molecule has 0 heterocycles. The summed E-state index contributed by atoms with van der Waals surface area (Å²) < 4.78 is 5.14. The van der Waals surface area contributed by atoms with Gasteiger partial charge in [-0.05, 0) is 54.3 Å². The van der Waals surface area contributed by atoms with Crippen LogP contribution >= 0.6 is 23.2 Å². The van der Waals surface area contributed by atoms with Crippen LogP contribution in [0.25, 0.3) is 0 Å². The number of rotatable bonds is 4. The number of hydrogen-bond donors (Lipinski definition) is 0. The van der Waals surface area contributed by atoms with Crippen molar-refractivity contribution in [3.05, 3.63) is 64.2 Å². The minimum atomic E-state index is -0.0780. The Morgan fingerprint density at radius 1 is 1.11 bits per heavy atom.